The number of aliphatic hydroxyl groups excluding tert-OH is 2. The van der Waals surface area contributed by atoms with Crippen LogP contribution >= 0.6 is 0 Å². The minimum absolute atomic E-state index is 0. The van der Waals surface area contributed by atoms with Crippen LogP contribution in [0.1, 0.15) is 109 Å². The van der Waals surface area contributed by atoms with Gasteiger partial charge in [-0.2, -0.15) is 0 Å². The van der Waals surface area contributed by atoms with E-state index in [1.165, 1.54) is 89.9 Å². The number of ether oxygens (including phenoxy) is 2. The van der Waals surface area contributed by atoms with Crippen molar-refractivity contribution in [2.75, 3.05) is 7.11 Å². The van der Waals surface area contributed by atoms with Gasteiger partial charge >= 0.3 is 19.5 Å². The summed E-state index contributed by atoms with van der Waals surface area (Å²) in [7, 11) is 1.00. The summed E-state index contributed by atoms with van der Waals surface area (Å²) in [6.45, 7) is 0. The molecule has 0 aromatic carbocycles. The van der Waals surface area contributed by atoms with Crippen molar-refractivity contribution in [2.45, 2.75) is 152 Å². The second-order valence-corrected chi connectivity index (χ2v) is 11.0. The maximum atomic E-state index is 10.0. The van der Waals surface area contributed by atoms with E-state index in [-0.39, 0.29) is 44.0 Å². The van der Waals surface area contributed by atoms with Gasteiger partial charge in [-0.15, -0.1) is 12.1 Å². The summed E-state index contributed by atoms with van der Waals surface area (Å²) in [4.78, 5) is 0. The normalized spacial score (nSPS) is 42.1. The van der Waals surface area contributed by atoms with E-state index in [0.717, 1.165) is 32.3 Å². The monoisotopic (exact) mass is 528 g/mol. The summed E-state index contributed by atoms with van der Waals surface area (Å²) in [6.07, 6.45) is 22.5. The van der Waals surface area contributed by atoms with Gasteiger partial charge < -0.3 is 30.3 Å². The first-order valence-corrected chi connectivity index (χ1v) is 14.1. The Bertz CT molecular complexity index is 537. The van der Waals surface area contributed by atoms with E-state index in [4.69, 9.17) is 25.2 Å². The molecular weight excluding hydrogens is 482 g/mol. The summed E-state index contributed by atoms with van der Waals surface area (Å²) in [6, 6.07) is 0.999. The fourth-order valence-electron chi connectivity index (χ4n) is 6.96. The van der Waals surface area contributed by atoms with Crippen LogP contribution in [0.5, 0.6) is 0 Å². The van der Waals surface area contributed by atoms with E-state index in [1.54, 1.807) is 0 Å². The van der Waals surface area contributed by atoms with Crippen LogP contribution < -0.4 is 0 Å². The second-order valence-electron chi connectivity index (χ2n) is 11.0. The van der Waals surface area contributed by atoms with Crippen molar-refractivity contribution in [3.63, 3.8) is 0 Å². The fourth-order valence-corrected chi connectivity index (χ4v) is 6.96. The zero-order chi connectivity index (χ0) is 23.0. The summed E-state index contributed by atoms with van der Waals surface area (Å²) < 4.78 is 12.2. The Labute approximate surface area is 220 Å². The number of hydrogen-bond acceptors (Lipinski definition) is 4. The van der Waals surface area contributed by atoms with Crippen molar-refractivity contribution in [1.82, 2.24) is 0 Å². The number of fused-ring (bicyclic) bond motifs is 2. The molecule has 7 heteroatoms. The summed E-state index contributed by atoms with van der Waals surface area (Å²) >= 11 is 0. The molecule has 6 aliphatic rings. The minimum atomic E-state index is -0.178. The Hall–Kier alpha value is 0.383. The smallest absolute Gasteiger partial charge is 0.631 e. The average Bonchev–Trinajstić information content (AvgIpc) is 3.51. The van der Waals surface area contributed by atoms with Gasteiger partial charge in [0.15, 0.2) is 0 Å². The third kappa shape index (κ3) is 7.46. The zero-order valence-corrected chi connectivity index (χ0v) is 24.5. The molecule has 34 heavy (non-hydrogen) atoms. The molecule has 2 saturated heterocycles. The molecule has 2 heterocycles. The molecule has 6 fully saturated rings. The summed E-state index contributed by atoms with van der Waals surface area (Å²) in [5.41, 5.74) is 0. The molecule has 0 bridgehead atoms. The van der Waals surface area contributed by atoms with E-state index >= 15 is 0 Å². The van der Waals surface area contributed by atoms with Crippen LogP contribution in [0.2, 0.25) is 0 Å². The first-order valence-electron chi connectivity index (χ1n) is 14.1. The molecule has 0 aromatic heterocycles. The van der Waals surface area contributed by atoms with E-state index in [0.29, 0.717) is 24.3 Å². The predicted octanol–water partition coefficient (Wildman–Crippen LogP) is 5.79. The van der Waals surface area contributed by atoms with E-state index in [9.17, 15) is 5.11 Å². The van der Waals surface area contributed by atoms with Crippen LogP contribution in [0.25, 0.3) is 10.6 Å². The summed E-state index contributed by atoms with van der Waals surface area (Å²) in [5, 5.41) is 26.7. The fraction of sp³-hybridized carbons (Fsp3) is 1.00. The quantitative estimate of drug-likeness (QED) is 0.443. The van der Waals surface area contributed by atoms with Gasteiger partial charge in [0.2, 0.25) is 0 Å². The van der Waals surface area contributed by atoms with Gasteiger partial charge in [-0.3, -0.25) is 0 Å². The van der Waals surface area contributed by atoms with E-state index in [2.05, 4.69) is 0 Å². The van der Waals surface area contributed by atoms with Crippen LogP contribution in [0.4, 0.5) is 0 Å². The van der Waals surface area contributed by atoms with E-state index in [1.807, 2.05) is 0 Å². The molecule has 6 nitrogen and oxygen atoms in total. The standard InChI is InChI=1S/C13H22NO2.C13H22NO.CH4O.Zn/c15-11-7-3-1-5-9(11)13-14-10-6-2-4-8-12(10)16-13;1-2-6-10(7-3-1)13-14-11-8-4-5-9-12(11)15-13;1-2;/h9-13,15H,1-8H2;10-13H,1-9H2;2H,1H3;/q2*-1;;+2. The van der Waals surface area contributed by atoms with Crippen LogP contribution in [0.3, 0.4) is 0 Å². The van der Waals surface area contributed by atoms with Crippen LogP contribution in [-0.4, -0.2) is 60.2 Å². The van der Waals surface area contributed by atoms with Gasteiger partial charge in [-0.1, -0.05) is 70.6 Å². The molecule has 192 valence electrons. The number of rotatable bonds is 2. The number of aliphatic hydroxyl groups is 2. The molecule has 2 N–H and O–H groups in total. The Morgan fingerprint density at radius 1 is 0.559 bits per heavy atom. The molecule has 4 saturated carbocycles. The van der Waals surface area contributed by atoms with Crippen molar-refractivity contribution in [1.29, 1.82) is 0 Å². The van der Waals surface area contributed by atoms with Gasteiger partial charge in [-0.05, 0) is 62.8 Å². The molecule has 4 aliphatic carbocycles. The van der Waals surface area contributed by atoms with Gasteiger partial charge in [-0.25, -0.2) is 0 Å². The SMILES string of the molecule is C1CCC(C2[N-]C3CCCCC3O2)CC1.CO.OC1CCCCC1C1[N-]C2CCCCC2O1.[Zn+2]. The van der Waals surface area contributed by atoms with Crippen LogP contribution in [0, 0.1) is 11.8 Å². The van der Waals surface area contributed by atoms with Crippen molar-refractivity contribution in [2.24, 2.45) is 11.8 Å². The van der Waals surface area contributed by atoms with Gasteiger partial charge in [0.25, 0.3) is 0 Å². The third-order valence-electron chi connectivity index (χ3n) is 8.84. The second kappa shape index (κ2) is 15.0. The molecule has 6 rings (SSSR count). The molecule has 0 amide bonds. The minimum Gasteiger partial charge on any atom is -0.631 e. The number of nitrogens with zero attached hydrogens (tertiary/aromatic N) is 2. The topological polar surface area (TPSA) is 87.1 Å². The summed E-state index contributed by atoms with van der Waals surface area (Å²) in [5.74, 6) is 1.03. The van der Waals surface area contributed by atoms with Crippen molar-refractivity contribution < 1.29 is 39.2 Å². The van der Waals surface area contributed by atoms with Gasteiger partial charge in [0, 0.05) is 19.3 Å². The number of hydrogen-bond donors (Lipinski definition) is 2. The van der Waals surface area contributed by atoms with E-state index < -0.39 is 0 Å². The molecule has 2 aliphatic heterocycles. The Morgan fingerprint density at radius 3 is 1.62 bits per heavy atom. The molecule has 0 aromatic rings. The van der Waals surface area contributed by atoms with Gasteiger partial charge in [0.1, 0.15) is 0 Å². The predicted molar refractivity (Wildman–Crippen MR) is 131 cm³/mol. The van der Waals surface area contributed by atoms with Crippen molar-refractivity contribution >= 4 is 0 Å². The largest absolute Gasteiger partial charge is 2.00 e. The average molecular weight is 530 g/mol. The molecule has 8 atom stereocenters. The first-order chi connectivity index (χ1) is 16.3. The van der Waals surface area contributed by atoms with Crippen molar-refractivity contribution in [3.8, 4) is 0 Å². The molecule has 8 unspecified atom stereocenters. The van der Waals surface area contributed by atoms with Crippen molar-refractivity contribution in [3.05, 3.63) is 10.6 Å². The van der Waals surface area contributed by atoms with Gasteiger partial charge in [0.05, 0.1) is 6.10 Å². The molecule has 0 radical (unpaired) electrons. The first kappa shape index (κ1) is 28.9. The van der Waals surface area contributed by atoms with Crippen LogP contribution in [-0.2, 0) is 29.0 Å². The van der Waals surface area contributed by atoms with Crippen LogP contribution in [0.15, 0.2) is 0 Å². The maximum absolute atomic E-state index is 10.0. The molecular formula is C27H48N2O4Zn. The third-order valence-corrected chi connectivity index (χ3v) is 8.84. The molecule has 0 spiro atoms. The zero-order valence-electron chi connectivity index (χ0n) is 21.5. The Kier molecular flexibility index (Phi) is 12.7. The maximum Gasteiger partial charge on any atom is 2.00 e. The Balaban J connectivity index is 0.000000173. The Morgan fingerprint density at radius 2 is 1.03 bits per heavy atom.